The molecule has 0 saturated heterocycles. The fourth-order valence-corrected chi connectivity index (χ4v) is 7.63. The molecule has 0 aliphatic carbocycles. The summed E-state index contributed by atoms with van der Waals surface area (Å²) in [6, 6.07) is -2.44. The standard InChI is InChI=1S/C45H83N3O10S/c1-3-5-7-9-11-13-15-17-19-21-23-25-27-29-42(52)57-34-37(58-43(53)30-28-26-24-22-20-18-16-14-12-10-8-6-4-2)35-59-36-38(46)44(54)47-33-40(49)48-39(45(55)56)31-32-41(50)51/h37-39H,3-36,46H2,1-2H3,(H,47,54)(H,48,49)(H,50,51)(H,55,56)/t37-,38+,39+/m1/s1. The van der Waals surface area contributed by atoms with Crippen LogP contribution in [0.4, 0.5) is 0 Å². The van der Waals surface area contributed by atoms with Crippen LogP contribution < -0.4 is 16.4 Å². The number of esters is 2. The molecule has 0 bridgehead atoms. The van der Waals surface area contributed by atoms with Gasteiger partial charge in [0.1, 0.15) is 18.8 Å². The minimum atomic E-state index is -1.41. The van der Waals surface area contributed by atoms with Crippen LogP contribution >= 0.6 is 11.8 Å². The smallest absolute Gasteiger partial charge is 0.326 e. The zero-order chi connectivity index (χ0) is 43.8. The highest BCUT2D eigenvalue weighted by Crippen LogP contribution is 2.16. The van der Waals surface area contributed by atoms with E-state index in [1.54, 1.807) is 0 Å². The molecule has 59 heavy (non-hydrogen) atoms. The number of nitrogens with one attached hydrogen (secondary N) is 2. The van der Waals surface area contributed by atoms with E-state index in [1.165, 1.54) is 134 Å². The Bertz CT molecular complexity index is 1110. The molecule has 0 fully saturated rings. The van der Waals surface area contributed by atoms with E-state index < -0.39 is 54.9 Å². The van der Waals surface area contributed by atoms with E-state index >= 15 is 0 Å². The number of ether oxygens (including phenoxy) is 2. The molecule has 2 amide bonds. The molecule has 0 spiro atoms. The Balaban J connectivity index is 4.66. The quantitative estimate of drug-likeness (QED) is 0.0287. The summed E-state index contributed by atoms with van der Waals surface area (Å²) < 4.78 is 11.3. The molecule has 0 aromatic rings. The SMILES string of the molecule is CCCCCCCCCCCCCCCC(=O)OC[C@H](CSC[C@H](N)C(=O)NCC(=O)N[C@@H](CCC(=O)O)C(=O)O)OC(=O)CCCCCCCCCCCCCCC. The van der Waals surface area contributed by atoms with Crippen molar-refractivity contribution in [1.29, 1.82) is 0 Å². The first kappa shape index (κ1) is 56.1. The Morgan fingerprint density at radius 3 is 1.42 bits per heavy atom. The van der Waals surface area contributed by atoms with Gasteiger partial charge in [0.15, 0.2) is 0 Å². The van der Waals surface area contributed by atoms with Crippen LogP contribution in [-0.2, 0) is 38.2 Å². The predicted molar refractivity (Wildman–Crippen MR) is 236 cm³/mol. The molecule has 14 heteroatoms. The van der Waals surface area contributed by atoms with Gasteiger partial charge in [-0.25, -0.2) is 4.79 Å². The van der Waals surface area contributed by atoms with Crippen LogP contribution in [0.1, 0.15) is 206 Å². The van der Waals surface area contributed by atoms with Crippen molar-refractivity contribution in [2.24, 2.45) is 5.73 Å². The van der Waals surface area contributed by atoms with Crippen molar-refractivity contribution in [3.8, 4) is 0 Å². The van der Waals surface area contributed by atoms with Crippen LogP contribution in [0.5, 0.6) is 0 Å². The Kier molecular flexibility index (Phi) is 38.6. The molecule has 344 valence electrons. The van der Waals surface area contributed by atoms with Gasteiger partial charge in [0.25, 0.3) is 0 Å². The average molecular weight is 858 g/mol. The van der Waals surface area contributed by atoms with Crippen LogP contribution in [-0.4, -0.2) is 88.7 Å². The van der Waals surface area contributed by atoms with Crippen molar-refractivity contribution in [2.75, 3.05) is 24.7 Å². The van der Waals surface area contributed by atoms with Crippen LogP contribution in [0.15, 0.2) is 0 Å². The average Bonchev–Trinajstić information content (AvgIpc) is 3.20. The van der Waals surface area contributed by atoms with Crippen LogP contribution in [0.2, 0.25) is 0 Å². The zero-order valence-electron chi connectivity index (χ0n) is 36.9. The minimum Gasteiger partial charge on any atom is -0.481 e. The second-order valence-corrected chi connectivity index (χ2v) is 17.1. The summed E-state index contributed by atoms with van der Waals surface area (Å²) in [6.07, 6.45) is 30.5. The van der Waals surface area contributed by atoms with Crippen molar-refractivity contribution < 1.29 is 48.5 Å². The summed E-state index contributed by atoms with van der Waals surface area (Å²) in [7, 11) is 0. The third kappa shape index (κ3) is 37.8. The number of nitrogens with two attached hydrogens (primary N) is 1. The van der Waals surface area contributed by atoms with Gasteiger partial charge in [-0.15, -0.1) is 0 Å². The molecule has 3 atom stereocenters. The molecular weight excluding hydrogens is 775 g/mol. The second kappa shape index (κ2) is 40.5. The van der Waals surface area contributed by atoms with Gasteiger partial charge in [0, 0.05) is 30.8 Å². The van der Waals surface area contributed by atoms with Crippen LogP contribution in [0.25, 0.3) is 0 Å². The highest BCUT2D eigenvalue weighted by molar-refractivity contribution is 7.99. The first-order valence-corrected chi connectivity index (χ1v) is 24.4. The maximum atomic E-state index is 12.8. The number of thioether (sulfide) groups is 1. The van der Waals surface area contributed by atoms with E-state index in [0.29, 0.717) is 6.42 Å². The summed E-state index contributed by atoms with van der Waals surface area (Å²) >= 11 is 1.25. The molecule has 0 aliphatic heterocycles. The monoisotopic (exact) mass is 858 g/mol. The molecule has 0 aliphatic rings. The molecule has 0 unspecified atom stereocenters. The number of unbranched alkanes of at least 4 members (excludes halogenated alkanes) is 24. The molecule has 0 saturated carbocycles. The van der Waals surface area contributed by atoms with E-state index in [1.807, 2.05) is 0 Å². The summed E-state index contributed by atoms with van der Waals surface area (Å²) in [6.45, 7) is 3.84. The van der Waals surface area contributed by atoms with E-state index in [4.69, 9.17) is 20.3 Å². The normalized spacial score (nSPS) is 12.7. The Morgan fingerprint density at radius 1 is 0.576 bits per heavy atom. The number of carboxylic acid groups (broad SMARTS) is 2. The lowest BCUT2D eigenvalue weighted by Crippen LogP contribution is -2.49. The molecule has 0 rings (SSSR count). The van der Waals surface area contributed by atoms with Gasteiger partial charge in [-0.1, -0.05) is 168 Å². The molecular formula is C45H83N3O10S. The van der Waals surface area contributed by atoms with E-state index in [0.717, 1.165) is 44.9 Å². The molecule has 6 N–H and O–H groups in total. The lowest BCUT2D eigenvalue weighted by atomic mass is 10.0. The number of rotatable bonds is 43. The van der Waals surface area contributed by atoms with E-state index in [-0.39, 0.29) is 42.9 Å². The summed E-state index contributed by atoms with van der Waals surface area (Å²) in [4.78, 5) is 72.2. The topological polar surface area (TPSA) is 211 Å². The summed E-state index contributed by atoms with van der Waals surface area (Å²) in [5.74, 6) is -4.37. The van der Waals surface area contributed by atoms with Crippen molar-refractivity contribution in [3.63, 3.8) is 0 Å². The first-order valence-electron chi connectivity index (χ1n) is 23.2. The molecule has 13 nitrogen and oxygen atoms in total. The highest BCUT2D eigenvalue weighted by Gasteiger charge is 2.23. The van der Waals surface area contributed by atoms with Crippen molar-refractivity contribution in [1.82, 2.24) is 10.6 Å². The number of hydrogen-bond acceptors (Lipinski definition) is 10. The first-order chi connectivity index (χ1) is 28.5. The fraction of sp³-hybridized carbons (Fsp3) is 0.867. The third-order valence-corrected chi connectivity index (χ3v) is 11.5. The predicted octanol–water partition coefficient (Wildman–Crippen LogP) is 9.01. The molecule has 0 radical (unpaired) electrons. The van der Waals surface area contributed by atoms with Crippen LogP contribution in [0, 0.1) is 0 Å². The maximum absolute atomic E-state index is 12.8. The number of carbonyl (C=O) groups is 6. The number of amides is 2. The van der Waals surface area contributed by atoms with Crippen molar-refractivity contribution in [3.05, 3.63) is 0 Å². The number of hydrogen-bond donors (Lipinski definition) is 5. The zero-order valence-corrected chi connectivity index (χ0v) is 37.7. The summed E-state index contributed by atoms with van der Waals surface area (Å²) in [5.41, 5.74) is 6.03. The molecule has 0 heterocycles. The van der Waals surface area contributed by atoms with E-state index in [9.17, 15) is 33.9 Å². The highest BCUT2D eigenvalue weighted by atomic mass is 32.2. The molecule has 0 aromatic carbocycles. The van der Waals surface area contributed by atoms with Gasteiger partial charge in [-0.05, 0) is 19.3 Å². The Morgan fingerprint density at radius 2 is 1.00 bits per heavy atom. The lowest BCUT2D eigenvalue weighted by Gasteiger charge is -2.19. The van der Waals surface area contributed by atoms with Crippen molar-refractivity contribution in [2.45, 2.75) is 225 Å². The summed E-state index contributed by atoms with van der Waals surface area (Å²) in [5, 5.41) is 22.6. The van der Waals surface area contributed by atoms with Crippen LogP contribution in [0.3, 0.4) is 0 Å². The Labute approximate surface area is 360 Å². The second-order valence-electron chi connectivity index (χ2n) is 16.0. The van der Waals surface area contributed by atoms with E-state index in [2.05, 4.69) is 24.5 Å². The van der Waals surface area contributed by atoms with Gasteiger partial charge >= 0.3 is 23.9 Å². The maximum Gasteiger partial charge on any atom is 0.326 e. The van der Waals surface area contributed by atoms with Gasteiger partial charge < -0.3 is 36.1 Å². The number of carbonyl (C=O) groups excluding carboxylic acids is 4. The van der Waals surface area contributed by atoms with Gasteiger partial charge in [0.2, 0.25) is 11.8 Å². The number of carboxylic acids is 2. The van der Waals surface area contributed by atoms with Gasteiger partial charge in [-0.3, -0.25) is 24.0 Å². The minimum absolute atomic E-state index is 0.0944. The Hall–Kier alpha value is -2.87. The van der Waals surface area contributed by atoms with Crippen molar-refractivity contribution >= 4 is 47.5 Å². The van der Waals surface area contributed by atoms with Gasteiger partial charge in [0.05, 0.1) is 12.6 Å². The number of aliphatic carboxylic acids is 2. The molecule has 0 aromatic heterocycles. The largest absolute Gasteiger partial charge is 0.481 e. The third-order valence-electron chi connectivity index (χ3n) is 10.3. The lowest BCUT2D eigenvalue weighted by molar-refractivity contribution is -0.157. The van der Waals surface area contributed by atoms with Gasteiger partial charge in [-0.2, -0.15) is 11.8 Å². The fourth-order valence-electron chi connectivity index (χ4n) is 6.66.